The van der Waals surface area contributed by atoms with Gasteiger partial charge in [0.05, 0.1) is 0 Å². The lowest BCUT2D eigenvalue weighted by Gasteiger charge is -2.23. The SMILES string of the molecule is Nc1nccc(N(CC2CC2)C2CC2)n1. The number of rotatable bonds is 4. The van der Waals surface area contributed by atoms with Gasteiger partial charge in [0.15, 0.2) is 0 Å². The van der Waals surface area contributed by atoms with Crippen LogP contribution in [0, 0.1) is 5.92 Å². The van der Waals surface area contributed by atoms with E-state index < -0.39 is 0 Å². The van der Waals surface area contributed by atoms with Crippen LogP contribution < -0.4 is 10.6 Å². The van der Waals surface area contributed by atoms with Crippen molar-refractivity contribution >= 4 is 11.8 Å². The Morgan fingerprint density at radius 3 is 2.73 bits per heavy atom. The second kappa shape index (κ2) is 3.36. The topological polar surface area (TPSA) is 55.0 Å². The van der Waals surface area contributed by atoms with Gasteiger partial charge < -0.3 is 10.6 Å². The summed E-state index contributed by atoms with van der Waals surface area (Å²) >= 11 is 0. The second-order valence-corrected chi connectivity index (χ2v) is 4.60. The van der Waals surface area contributed by atoms with E-state index in [0.717, 1.165) is 18.3 Å². The molecule has 1 aromatic rings. The van der Waals surface area contributed by atoms with Crippen LogP contribution in [0.2, 0.25) is 0 Å². The Kier molecular flexibility index (Phi) is 2.01. The largest absolute Gasteiger partial charge is 0.368 e. The van der Waals surface area contributed by atoms with Gasteiger partial charge in [-0.1, -0.05) is 0 Å². The van der Waals surface area contributed by atoms with E-state index in [0.29, 0.717) is 12.0 Å². The normalized spacial score (nSPS) is 20.3. The quantitative estimate of drug-likeness (QED) is 0.806. The molecule has 4 heteroatoms. The van der Waals surface area contributed by atoms with Gasteiger partial charge in [-0.15, -0.1) is 0 Å². The molecule has 0 unspecified atom stereocenters. The van der Waals surface area contributed by atoms with Crippen LogP contribution in [-0.4, -0.2) is 22.6 Å². The van der Waals surface area contributed by atoms with Crippen molar-refractivity contribution in [3.05, 3.63) is 12.3 Å². The molecule has 2 saturated carbocycles. The predicted octanol–water partition coefficient (Wildman–Crippen LogP) is 1.44. The molecule has 3 rings (SSSR count). The van der Waals surface area contributed by atoms with Crippen molar-refractivity contribution in [1.29, 1.82) is 0 Å². The van der Waals surface area contributed by atoms with E-state index in [1.54, 1.807) is 6.20 Å². The van der Waals surface area contributed by atoms with Gasteiger partial charge in [-0.2, -0.15) is 4.98 Å². The first-order valence-electron chi connectivity index (χ1n) is 5.68. The van der Waals surface area contributed by atoms with Gasteiger partial charge in [0.2, 0.25) is 5.95 Å². The van der Waals surface area contributed by atoms with Crippen LogP contribution in [0.5, 0.6) is 0 Å². The molecule has 0 saturated heterocycles. The Morgan fingerprint density at radius 2 is 2.13 bits per heavy atom. The molecule has 0 aromatic carbocycles. The maximum absolute atomic E-state index is 5.61. The Morgan fingerprint density at radius 1 is 1.33 bits per heavy atom. The van der Waals surface area contributed by atoms with E-state index in [1.165, 1.54) is 25.7 Å². The highest BCUT2D eigenvalue weighted by atomic mass is 15.3. The first-order valence-corrected chi connectivity index (χ1v) is 5.68. The first kappa shape index (κ1) is 8.95. The first-order chi connectivity index (χ1) is 7.33. The summed E-state index contributed by atoms with van der Waals surface area (Å²) in [5.74, 6) is 2.28. The molecule has 2 fully saturated rings. The van der Waals surface area contributed by atoms with Crippen LogP contribution in [-0.2, 0) is 0 Å². The van der Waals surface area contributed by atoms with Gasteiger partial charge in [-0.25, -0.2) is 4.98 Å². The molecular weight excluding hydrogens is 188 g/mol. The summed E-state index contributed by atoms with van der Waals surface area (Å²) in [7, 11) is 0. The third kappa shape index (κ3) is 2.03. The van der Waals surface area contributed by atoms with Crippen molar-refractivity contribution in [2.24, 2.45) is 5.92 Å². The van der Waals surface area contributed by atoms with E-state index in [-0.39, 0.29) is 0 Å². The van der Waals surface area contributed by atoms with Crippen LogP contribution >= 0.6 is 0 Å². The molecule has 2 aliphatic carbocycles. The summed E-state index contributed by atoms with van der Waals surface area (Å²) in [5.41, 5.74) is 5.61. The molecule has 0 spiro atoms. The molecule has 2 aliphatic rings. The second-order valence-electron chi connectivity index (χ2n) is 4.60. The fourth-order valence-corrected chi connectivity index (χ4v) is 1.92. The predicted molar refractivity (Wildman–Crippen MR) is 59.5 cm³/mol. The lowest BCUT2D eigenvalue weighted by molar-refractivity contribution is 0.708. The molecule has 0 amide bonds. The third-order valence-corrected chi connectivity index (χ3v) is 3.09. The monoisotopic (exact) mass is 204 g/mol. The summed E-state index contributed by atoms with van der Waals surface area (Å²) in [6.45, 7) is 1.15. The van der Waals surface area contributed by atoms with Crippen LogP contribution in [0.3, 0.4) is 0 Å². The van der Waals surface area contributed by atoms with Gasteiger partial charge in [-0.3, -0.25) is 0 Å². The Bertz CT molecular complexity index is 357. The van der Waals surface area contributed by atoms with Gasteiger partial charge in [0.25, 0.3) is 0 Å². The number of nitrogens with two attached hydrogens (primary N) is 1. The molecule has 0 aliphatic heterocycles. The van der Waals surface area contributed by atoms with Crippen LogP contribution in [0.25, 0.3) is 0 Å². The zero-order chi connectivity index (χ0) is 10.3. The zero-order valence-corrected chi connectivity index (χ0v) is 8.76. The molecule has 0 atom stereocenters. The number of nitrogen functional groups attached to an aromatic ring is 1. The fourth-order valence-electron chi connectivity index (χ4n) is 1.92. The Labute approximate surface area is 89.5 Å². The van der Waals surface area contributed by atoms with E-state index in [4.69, 9.17) is 5.73 Å². The van der Waals surface area contributed by atoms with Crippen LogP contribution in [0.1, 0.15) is 25.7 Å². The van der Waals surface area contributed by atoms with Gasteiger partial charge in [0, 0.05) is 18.8 Å². The summed E-state index contributed by atoms with van der Waals surface area (Å²) in [6, 6.07) is 2.68. The third-order valence-electron chi connectivity index (χ3n) is 3.09. The molecule has 2 N–H and O–H groups in total. The minimum absolute atomic E-state index is 0.383. The minimum Gasteiger partial charge on any atom is -0.368 e. The van der Waals surface area contributed by atoms with E-state index in [9.17, 15) is 0 Å². The van der Waals surface area contributed by atoms with Crippen LogP contribution in [0.15, 0.2) is 12.3 Å². The van der Waals surface area contributed by atoms with Crippen molar-refractivity contribution < 1.29 is 0 Å². The molecule has 80 valence electrons. The van der Waals surface area contributed by atoms with Gasteiger partial charge in [-0.05, 0) is 37.7 Å². The number of nitrogens with zero attached hydrogens (tertiary/aromatic N) is 3. The average molecular weight is 204 g/mol. The summed E-state index contributed by atoms with van der Waals surface area (Å²) in [6.07, 6.45) is 7.11. The van der Waals surface area contributed by atoms with E-state index in [2.05, 4.69) is 14.9 Å². The zero-order valence-electron chi connectivity index (χ0n) is 8.76. The molecule has 0 radical (unpaired) electrons. The van der Waals surface area contributed by atoms with E-state index >= 15 is 0 Å². The summed E-state index contributed by atoms with van der Waals surface area (Å²) in [5, 5.41) is 0. The van der Waals surface area contributed by atoms with Crippen molar-refractivity contribution in [2.75, 3.05) is 17.2 Å². The highest BCUT2D eigenvalue weighted by Crippen LogP contribution is 2.36. The fraction of sp³-hybridized carbons (Fsp3) is 0.636. The van der Waals surface area contributed by atoms with Crippen molar-refractivity contribution in [3.8, 4) is 0 Å². The molecule has 4 nitrogen and oxygen atoms in total. The highest BCUT2D eigenvalue weighted by Gasteiger charge is 2.34. The van der Waals surface area contributed by atoms with E-state index in [1.807, 2.05) is 6.07 Å². The minimum atomic E-state index is 0.383. The lowest BCUT2D eigenvalue weighted by Crippen LogP contribution is -2.29. The Hall–Kier alpha value is -1.32. The lowest BCUT2D eigenvalue weighted by atomic mass is 10.3. The van der Waals surface area contributed by atoms with Crippen molar-refractivity contribution in [2.45, 2.75) is 31.7 Å². The maximum atomic E-state index is 5.61. The highest BCUT2D eigenvalue weighted by molar-refractivity contribution is 5.43. The smallest absolute Gasteiger partial charge is 0.221 e. The molecule has 1 aromatic heterocycles. The molecule has 1 heterocycles. The average Bonchev–Trinajstić information content (AvgIpc) is 3.08. The standard InChI is InChI=1S/C11H16N4/c12-11-13-6-5-10(14-11)15(9-3-4-9)7-8-1-2-8/h5-6,8-9H,1-4,7H2,(H2,12,13,14). The molecule has 0 bridgehead atoms. The Balaban J connectivity index is 1.80. The number of anilines is 2. The molecule has 15 heavy (non-hydrogen) atoms. The number of hydrogen-bond acceptors (Lipinski definition) is 4. The van der Waals surface area contributed by atoms with Gasteiger partial charge in [0.1, 0.15) is 5.82 Å². The summed E-state index contributed by atoms with van der Waals surface area (Å²) in [4.78, 5) is 10.7. The van der Waals surface area contributed by atoms with Crippen molar-refractivity contribution in [3.63, 3.8) is 0 Å². The summed E-state index contributed by atoms with van der Waals surface area (Å²) < 4.78 is 0. The molecular formula is C11H16N4. The number of aromatic nitrogens is 2. The van der Waals surface area contributed by atoms with Gasteiger partial charge >= 0.3 is 0 Å². The van der Waals surface area contributed by atoms with Crippen LogP contribution in [0.4, 0.5) is 11.8 Å². The maximum Gasteiger partial charge on any atom is 0.221 e. The van der Waals surface area contributed by atoms with Crippen molar-refractivity contribution in [1.82, 2.24) is 9.97 Å². The number of hydrogen-bond donors (Lipinski definition) is 1.